The minimum absolute atomic E-state index is 0.0891. The normalized spacial score (nSPS) is 10.4. The van der Waals surface area contributed by atoms with Gasteiger partial charge < -0.3 is 10.2 Å². The van der Waals surface area contributed by atoms with Crippen molar-refractivity contribution in [1.82, 2.24) is 19.7 Å². The average molecular weight is 394 g/mol. The molecule has 10 nitrogen and oxygen atoms in total. The first kappa shape index (κ1) is 19.7. The van der Waals surface area contributed by atoms with E-state index >= 15 is 0 Å². The Morgan fingerprint density at radius 3 is 2.55 bits per heavy atom. The molecule has 2 aromatic carbocycles. The van der Waals surface area contributed by atoms with Gasteiger partial charge in [0.2, 0.25) is 5.91 Å². The lowest BCUT2D eigenvalue weighted by Gasteiger charge is -2.17. The third-order valence-electron chi connectivity index (χ3n) is 4.15. The quantitative estimate of drug-likeness (QED) is 0.505. The summed E-state index contributed by atoms with van der Waals surface area (Å²) in [6.45, 7) is 1.73. The van der Waals surface area contributed by atoms with Crippen molar-refractivity contribution < 1.29 is 14.5 Å². The number of aromatic nitrogens is 3. The largest absolute Gasteiger partial charge is 0.332 e. The first-order chi connectivity index (χ1) is 13.8. The standard InChI is InChI=1S/C19H18N6O4/c1-13-3-6-15(7-4-13)22-18(26)10-23(2)19(27)14-5-8-16(17(9-14)25(28)29)24-12-20-11-21-24/h3-9,11-12H,10H2,1-2H3,(H,22,26). The van der Waals surface area contributed by atoms with Crippen LogP contribution in [0.1, 0.15) is 15.9 Å². The summed E-state index contributed by atoms with van der Waals surface area (Å²) < 4.78 is 1.24. The average Bonchev–Trinajstić information content (AvgIpc) is 3.23. The van der Waals surface area contributed by atoms with Crippen LogP contribution in [0, 0.1) is 17.0 Å². The molecule has 1 heterocycles. The first-order valence-electron chi connectivity index (χ1n) is 8.60. The van der Waals surface area contributed by atoms with E-state index in [1.807, 2.05) is 19.1 Å². The molecule has 0 aliphatic carbocycles. The Morgan fingerprint density at radius 1 is 1.21 bits per heavy atom. The summed E-state index contributed by atoms with van der Waals surface area (Å²) in [5.74, 6) is -0.893. The summed E-state index contributed by atoms with van der Waals surface area (Å²) in [7, 11) is 1.45. The van der Waals surface area contributed by atoms with Crippen LogP contribution in [0.2, 0.25) is 0 Å². The van der Waals surface area contributed by atoms with Gasteiger partial charge in [-0.1, -0.05) is 17.7 Å². The van der Waals surface area contributed by atoms with E-state index in [1.165, 1.54) is 41.4 Å². The predicted octanol–water partition coefficient (Wildman–Crippen LogP) is 2.19. The van der Waals surface area contributed by atoms with Gasteiger partial charge in [0.25, 0.3) is 11.6 Å². The smallest absolute Gasteiger partial charge is 0.295 e. The molecular formula is C19H18N6O4. The van der Waals surface area contributed by atoms with Crippen LogP contribution in [0.3, 0.4) is 0 Å². The molecular weight excluding hydrogens is 376 g/mol. The van der Waals surface area contributed by atoms with E-state index in [1.54, 1.807) is 12.1 Å². The van der Waals surface area contributed by atoms with Crippen molar-refractivity contribution in [3.63, 3.8) is 0 Å². The van der Waals surface area contributed by atoms with Crippen molar-refractivity contribution in [2.75, 3.05) is 18.9 Å². The van der Waals surface area contributed by atoms with E-state index in [-0.39, 0.29) is 29.4 Å². The number of aryl methyl sites for hydroxylation is 1. The third kappa shape index (κ3) is 4.61. The molecule has 0 saturated carbocycles. The maximum atomic E-state index is 12.6. The molecule has 0 spiro atoms. The van der Waals surface area contributed by atoms with Gasteiger partial charge in [0.1, 0.15) is 18.3 Å². The zero-order valence-electron chi connectivity index (χ0n) is 15.8. The fourth-order valence-electron chi connectivity index (χ4n) is 2.67. The van der Waals surface area contributed by atoms with E-state index < -0.39 is 10.8 Å². The lowest BCUT2D eigenvalue weighted by atomic mass is 10.1. The molecule has 3 aromatic rings. The lowest BCUT2D eigenvalue weighted by Crippen LogP contribution is -2.35. The molecule has 0 saturated heterocycles. The van der Waals surface area contributed by atoms with E-state index in [4.69, 9.17) is 0 Å². The lowest BCUT2D eigenvalue weighted by molar-refractivity contribution is -0.384. The second-order valence-electron chi connectivity index (χ2n) is 6.38. The zero-order valence-corrected chi connectivity index (χ0v) is 15.8. The van der Waals surface area contributed by atoms with Crippen LogP contribution in [0.5, 0.6) is 0 Å². The highest BCUT2D eigenvalue weighted by Gasteiger charge is 2.22. The molecule has 3 rings (SSSR count). The van der Waals surface area contributed by atoms with Crippen LogP contribution >= 0.6 is 0 Å². The predicted molar refractivity (Wildman–Crippen MR) is 105 cm³/mol. The van der Waals surface area contributed by atoms with Crippen molar-refractivity contribution in [2.24, 2.45) is 0 Å². The second kappa shape index (κ2) is 8.30. The van der Waals surface area contributed by atoms with Gasteiger partial charge in [-0.3, -0.25) is 19.7 Å². The molecule has 0 unspecified atom stereocenters. The fraction of sp³-hybridized carbons (Fsp3) is 0.158. The number of nitro groups is 1. The van der Waals surface area contributed by atoms with E-state index in [9.17, 15) is 19.7 Å². The Labute approximate surface area is 165 Å². The van der Waals surface area contributed by atoms with Crippen molar-refractivity contribution in [3.05, 3.63) is 76.4 Å². The van der Waals surface area contributed by atoms with E-state index in [0.717, 1.165) is 11.6 Å². The summed E-state index contributed by atoms with van der Waals surface area (Å²) in [6.07, 6.45) is 2.58. The van der Waals surface area contributed by atoms with Gasteiger partial charge >= 0.3 is 0 Å². The van der Waals surface area contributed by atoms with Gasteiger partial charge in [-0.2, -0.15) is 5.10 Å². The topological polar surface area (TPSA) is 123 Å². The molecule has 0 atom stereocenters. The Balaban J connectivity index is 1.73. The van der Waals surface area contributed by atoms with Crippen LogP contribution in [0.25, 0.3) is 5.69 Å². The Morgan fingerprint density at radius 2 is 1.93 bits per heavy atom. The number of nitro benzene ring substituents is 1. The minimum Gasteiger partial charge on any atom is -0.332 e. The molecule has 10 heteroatoms. The first-order valence-corrected chi connectivity index (χ1v) is 8.60. The van der Waals surface area contributed by atoms with Gasteiger partial charge in [0.15, 0.2) is 0 Å². The molecule has 1 N–H and O–H groups in total. The Kier molecular flexibility index (Phi) is 5.63. The molecule has 0 radical (unpaired) electrons. The molecule has 29 heavy (non-hydrogen) atoms. The number of likely N-dealkylation sites (N-methyl/N-ethyl adjacent to an activating group) is 1. The Bertz CT molecular complexity index is 1050. The minimum atomic E-state index is -0.599. The fourth-order valence-corrected chi connectivity index (χ4v) is 2.67. The highest BCUT2D eigenvalue weighted by molar-refractivity contribution is 5.99. The summed E-state index contributed by atoms with van der Waals surface area (Å²) in [5.41, 5.74) is 1.66. The van der Waals surface area contributed by atoms with Crippen molar-refractivity contribution in [2.45, 2.75) is 6.92 Å². The number of anilines is 1. The van der Waals surface area contributed by atoms with Crippen LogP contribution in [0.4, 0.5) is 11.4 Å². The number of rotatable bonds is 6. The van der Waals surface area contributed by atoms with Gasteiger partial charge in [-0.05, 0) is 31.2 Å². The number of carbonyl (C=O) groups is 2. The third-order valence-corrected chi connectivity index (χ3v) is 4.15. The molecule has 2 amide bonds. The maximum absolute atomic E-state index is 12.6. The van der Waals surface area contributed by atoms with Crippen LogP contribution < -0.4 is 5.32 Å². The molecule has 1 aromatic heterocycles. The zero-order chi connectivity index (χ0) is 21.0. The van der Waals surface area contributed by atoms with Crippen LogP contribution in [-0.4, -0.2) is 50.0 Å². The number of nitrogens with zero attached hydrogens (tertiary/aromatic N) is 5. The summed E-state index contributed by atoms with van der Waals surface area (Å²) in [5, 5.41) is 18.0. The van der Waals surface area contributed by atoms with E-state index in [0.29, 0.717) is 5.69 Å². The number of amides is 2. The van der Waals surface area contributed by atoms with Crippen LogP contribution in [0.15, 0.2) is 55.1 Å². The number of hydrogen-bond acceptors (Lipinski definition) is 6. The molecule has 0 aliphatic rings. The van der Waals surface area contributed by atoms with Gasteiger partial charge in [-0.15, -0.1) is 0 Å². The summed E-state index contributed by atoms with van der Waals surface area (Å²) in [4.78, 5) is 40.6. The highest BCUT2D eigenvalue weighted by Crippen LogP contribution is 2.24. The summed E-state index contributed by atoms with van der Waals surface area (Å²) in [6, 6.07) is 11.3. The van der Waals surface area contributed by atoms with Gasteiger partial charge in [-0.25, -0.2) is 9.67 Å². The number of nitrogens with one attached hydrogen (secondary N) is 1. The summed E-state index contributed by atoms with van der Waals surface area (Å²) >= 11 is 0. The molecule has 0 bridgehead atoms. The van der Waals surface area contributed by atoms with Gasteiger partial charge in [0.05, 0.1) is 11.5 Å². The maximum Gasteiger partial charge on any atom is 0.295 e. The monoisotopic (exact) mass is 394 g/mol. The number of carbonyl (C=O) groups excluding carboxylic acids is 2. The molecule has 0 fully saturated rings. The molecule has 148 valence electrons. The van der Waals surface area contributed by atoms with E-state index in [2.05, 4.69) is 15.4 Å². The number of hydrogen-bond donors (Lipinski definition) is 1. The highest BCUT2D eigenvalue weighted by atomic mass is 16.6. The van der Waals surface area contributed by atoms with Crippen LogP contribution in [-0.2, 0) is 4.79 Å². The van der Waals surface area contributed by atoms with Crippen molar-refractivity contribution in [3.8, 4) is 5.69 Å². The molecule has 0 aliphatic heterocycles. The Hall–Kier alpha value is -4.08. The number of benzene rings is 2. The second-order valence-corrected chi connectivity index (χ2v) is 6.38. The van der Waals surface area contributed by atoms with Gasteiger partial charge in [0, 0.05) is 24.4 Å². The van der Waals surface area contributed by atoms with Crippen molar-refractivity contribution in [1.29, 1.82) is 0 Å². The SMILES string of the molecule is Cc1ccc(NC(=O)CN(C)C(=O)c2ccc(-n3cncn3)c([N+](=O)[O-])c2)cc1. The van der Waals surface area contributed by atoms with Crippen molar-refractivity contribution >= 4 is 23.2 Å².